The van der Waals surface area contributed by atoms with Crippen molar-refractivity contribution >= 4 is 23.3 Å². The van der Waals surface area contributed by atoms with Crippen LogP contribution < -0.4 is 10.6 Å². The van der Waals surface area contributed by atoms with Gasteiger partial charge in [0.15, 0.2) is 0 Å². The SMILES string of the molecule is O=C(CCNc1ccc(C(F)(F)F)cc1[N+](=O)[O-])NC(CC1CC1)C(=O)O. The van der Waals surface area contributed by atoms with E-state index in [1.54, 1.807) is 0 Å². The van der Waals surface area contributed by atoms with E-state index in [2.05, 4.69) is 10.6 Å². The minimum absolute atomic E-state index is 0.103. The number of carbonyl (C=O) groups is 2. The van der Waals surface area contributed by atoms with Crippen LogP contribution in [0, 0.1) is 16.0 Å². The Morgan fingerprint density at radius 2 is 2.00 bits per heavy atom. The Bertz CT molecular complexity index is 735. The Labute approximate surface area is 151 Å². The highest BCUT2D eigenvalue weighted by Crippen LogP contribution is 2.35. The number of nitrogens with one attached hydrogen (secondary N) is 2. The van der Waals surface area contributed by atoms with E-state index < -0.39 is 40.3 Å². The van der Waals surface area contributed by atoms with Gasteiger partial charge < -0.3 is 15.7 Å². The van der Waals surface area contributed by atoms with E-state index in [1.807, 2.05) is 0 Å². The lowest BCUT2D eigenvalue weighted by Crippen LogP contribution is -2.41. The summed E-state index contributed by atoms with van der Waals surface area (Å²) in [5, 5.41) is 25.0. The molecule has 1 saturated carbocycles. The van der Waals surface area contributed by atoms with Gasteiger partial charge in [0.1, 0.15) is 11.7 Å². The van der Waals surface area contributed by atoms with Crippen LogP contribution in [0.1, 0.15) is 31.2 Å². The number of carbonyl (C=O) groups excluding carboxylic acids is 1. The predicted octanol–water partition coefficient (Wildman–Crippen LogP) is 2.79. The number of aliphatic carboxylic acids is 1. The van der Waals surface area contributed by atoms with E-state index in [-0.39, 0.29) is 18.7 Å². The highest BCUT2D eigenvalue weighted by Gasteiger charge is 2.33. The average Bonchev–Trinajstić information content (AvgIpc) is 3.37. The molecular formula is C16H18F3N3O5. The second-order valence-electron chi connectivity index (χ2n) is 6.30. The van der Waals surface area contributed by atoms with Crippen LogP contribution >= 0.6 is 0 Å². The first kappa shape index (κ1) is 20.5. The number of alkyl halides is 3. The molecule has 8 nitrogen and oxygen atoms in total. The Balaban J connectivity index is 1.92. The maximum atomic E-state index is 12.7. The number of carboxylic acid groups (broad SMARTS) is 1. The minimum atomic E-state index is -4.71. The fraction of sp³-hybridized carbons (Fsp3) is 0.500. The topological polar surface area (TPSA) is 122 Å². The van der Waals surface area contributed by atoms with Crippen molar-refractivity contribution in [3.63, 3.8) is 0 Å². The zero-order chi connectivity index (χ0) is 20.2. The lowest BCUT2D eigenvalue weighted by Gasteiger charge is -2.14. The van der Waals surface area contributed by atoms with Gasteiger partial charge in [-0.2, -0.15) is 13.2 Å². The number of rotatable bonds is 9. The molecule has 0 saturated heterocycles. The highest BCUT2D eigenvalue weighted by molar-refractivity contribution is 5.83. The van der Waals surface area contributed by atoms with Crippen molar-refractivity contribution in [3.8, 4) is 0 Å². The van der Waals surface area contributed by atoms with E-state index in [4.69, 9.17) is 5.11 Å². The van der Waals surface area contributed by atoms with E-state index in [0.29, 0.717) is 24.5 Å². The summed E-state index contributed by atoms with van der Waals surface area (Å²) in [6.45, 7) is -0.103. The second-order valence-corrected chi connectivity index (χ2v) is 6.30. The standard InChI is InChI=1S/C16H18F3N3O5/c17-16(18,19)10-3-4-11(13(8-10)22(26)27)20-6-5-14(23)21-12(15(24)25)7-9-1-2-9/h3-4,8-9,12,20H,1-2,5-7H2,(H,21,23)(H,24,25). The number of anilines is 1. The number of hydrogen-bond acceptors (Lipinski definition) is 5. The van der Waals surface area contributed by atoms with Crippen molar-refractivity contribution in [2.45, 2.75) is 37.9 Å². The van der Waals surface area contributed by atoms with E-state index in [1.165, 1.54) is 0 Å². The summed E-state index contributed by atoms with van der Waals surface area (Å²) >= 11 is 0. The van der Waals surface area contributed by atoms with Crippen LogP contribution in [0.5, 0.6) is 0 Å². The van der Waals surface area contributed by atoms with Crippen molar-refractivity contribution in [3.05, 3.63) is 33.9 Å². The summed E-state index contributed by atoms with van der Waals surface area (Å²) in [4.78, 5) is 33.0. The van der Waals surface area contributed by atoms with Gasteiger partial charge in [0, 0.05) is 19.0 Å². The molecule has 0 bridgehead atoms. The summed E-state index contributed by atoms with van der Waals surface area (Å²) < 4.78 is 38.0. The molecule has 1 aliphatic rings. The van der Waals surface area contributed by atoms with Gasteiger partial charge in [-0.05, 0) is 24.5 Å². The molecule has 1 fully saturated rings. The monoisotopic (exact) mass is 389 g/mol. The number of nitrogens with zero attached hydrogens (tertiary/aromatic N) is 1. The zero-order valence-corrected chi connectivity index (χ0v) is 14.1. The molecule has 148 valence electrons. The van der Waals surface area contributed by atoms with Gasteiger partial charge in [-0.15, -0.1) is 0 Å². The number of nitro groups is 1. The Hall–Kier alpha value is -2.85. The summed E-state index contributed by atoms with van der Waals surface area (Å²) in [6, 6.07) is 1.04. The van der Waals surface area contributed by atoms with Gasteiger partial charge in [-0.3, -0.25) is 14.9 Å². The third-order valence-corrected chi connectivity index (χ3v) is 4.09. The second kappa shape index (κ2) is 8.23. The van der Waals surface area contributed by atoms with Crippen molar-refractivity contribution in [2.75, 3.05) is 11.9 Å². The van der Waals surface area contributed by atoms with Gasteiger partial charge in [0.2, 0.25) is 5.91 Å². The Morgan fingerprint density at radius 3 is 2.52 bits per heavy atom. The summed E-state index contributed by atoms with van der Waals surface area (Å²) in [6.07, 6.45) is -2.69. The quantitative estimate of drug-likeness (QED) is 0.441. The molecule has 0 aromatic heterocycles. The molecule has 1 unspecified atom stereocenters. The van der Waals surface area contributed by atoms with E-state index in [9.17, 15) is 32.9 Å². The van der Waals surface area contributed by atoms with Crippen LogP contribution in [-0.2, 0) is 15.8 Å². The number of benzene rings is 1. The third-order valence-electron chi connectivity index (χ3n) is 4.09. The van der Waals surface area contributed by atoms with Crippen LogP contribution in [0.2, 0.25) is 0 Å². The van der Waals surface area contributed by atoms with Crippen LogP contribution in [0.25, 0.3) is 0 Å². The van der Waals surface area contributed by atoms with Crippen molar-refractivity contribution in [1.29, 1.82) is 0 Å². The van der Waals surface area contributed by atoms with E-state index in [0.717, 1.165) is 18.9 Å². The number of nitro benzene ring substituents is 1. The molecule has 1 aromatic rings. The maximum Gasteiger partial charge on any atom is 0.416 e. The first-order valence-corrected chi connectivity index (χ1v) is 8.19. The van der Waals surface area contributed by atoms with Crippen molar-refractivity contribution < 1.29 is 32.8 Å². The lowest BCUT2D eigenvalue weighted by molar-refractivity contribution is -0.384. The molecule has 1 atom stereocenters. The fourth-order valence-corrected chi connectivity index (χ4v) is 2.49. The van der Waals surface area contributed by atoms with Crippen LogP contribution in [0.15, 0.2) is 18.2 Å². The van der Waals surface area contributed by atoms with Crippen molar-refractivity contribution in [1.82, 2.24) is 5.32 Å². The molecule has 1 amide bonds. The minimum Gasteiger partial charge on any atom is -0.480 e. The summed E-state index contributed by atoms with van der Waals surface area (Å²) in [5.41, 5.74) is -2.07. The molecule has 0 heterocycles. The van der Waals surface area contributed by atoms with Gasteiger partial charge >= 0.3 is 12.1 Å². The van der Waals surface area contributed by atoms with E-state index >= 15 is 0 Å². The maximum absolute atomic E-state index is 12.7. The summed E-state index contributed by atoms with van der Waals surface area (Å²) in [5.74, 6) is -1.41. The number of amides is 1. The van der Waals surface area contributed by atoms with Gasteiger partial charge in [-0.25, -0.2) is 4.79 Å². The molecule has 1 aromatic carbocycles. The third kappa shape index (κ3) is 6.12. The molecule has 2 rings (SSSR count). The first-order chi connectivity index (χ1) is 12.6. The molecule has 27 heavy (non-hydrogen) atoms. The molecule has 0 spiro atoms. The number of halogens is 3. The fourth-order valence-electron chi connectivity index (χ4n) is 2.49. The Morgan fingerprint density at radius 1 is 1.33 bits per heavy atom. The average molecular weight is 389 g/mol. The molecule has 3 N–H and O–H groups in total. The molecular weight excluding hydrogens is 371 g/mol. The van der Waals surface area contributed by atoms with Gasteiger partial charge in [0.05, 0.1) is 10.5 Å². The number of hydrogen-bond donors (Lipinski definition) is 3. The lowest BCUT2D eigenvalue weighted by atomic mass is 10.1. The highest BCUT2D eigenvalue weighted by atomic mass is 19.4. The molecule has 0 aliphatic heterocycles. The smallest absolute Gasteiger partial charge is 0.416 e. The Kier molecular flexibility index (Phi) is 6.24. The summed E-state index contributed by atoms with van der Waals surface area (Å²) in [7, 11) is 0. The predicted molar refractivity (Wildman–Crippen MR) is 88.1 cm³/mol. The molecule has 0 radical (unpaired) electrons. The van der Waals surface area contributed by atoms with Crippen molar-refractivity contribution in [2.24, 2.45) is 5.92 Å². The molecule has 11 heteroatoms. The van der Waals surface area contributed by atoms with Gasteiger partial charge in [-0.1, -0.05) is 12.8 Å². The van der Waals surface area contributed by atoms with Gasteiger partial charge in [0.25, 0.3) is 5.69 Å². The first-order valence-electron chi connectivity index (χ1n) is 8.19. The normalized spacial score (nSPS) is 15.1. The van der Waals surface area contributed by atoms with Crippen LogP contribution in [0.3, 0.4) is 0 Å². The molecule has 1 aliphatic carbocycles. The number of carboxylic acids is 1. The van der Waals surface area contributed by atoms with Crippen LogP contribution in [0.4, 0.5) is 24.5 Å². The largest absolute Gasteiger partial charge is 0.480 e. The zero-order valence-electron chi connectivity index (χ0n) is 14.1. The van der Waals surface area contributed by atoms with Crippen LogP contribution in [-0.4, -0.2) is 34.5 Å².